The molecule has 0 spiro atoms. The number of benzene rings is 1. The van der Waals surface area contributed by atoms with Crippen LogP contribution >= 0.6 is 23.4 Å². The number of halogens is 2. The molecular weight excluding hydrogens is 259 g/mol. The summed E-state index contributed by atoms with van der Waals surface area (Å²) in [7, 11) is 0. The molecule has 17 heavy (non-hydrogen) atoms. The number of amides is 1. The van der Waals surface area contributed by atoms with E-state index < -0.39 is 0 Å². The molecule has 0 aliphatic carbocycles. The molecule has 92 valence electrons. The quantitative estimate of drug-likeness (QED) is 0.840. The molecule has 1 aliphatic rings. The first kappa shape index (κ1) is 12.7. The van der Waals surface area contributed by atoms with E-state index in [1.807, 2.05) is 12.1 Å². The number of hydrogen-bond acceptors (Lipinski definition) is 2. The van der Waals surface area contributed by atoms with Crippen molar-refractivity contribution in [1.29, 1.82) is 0 Å². The Morgan fingerprint density at radius 1 is 1.35 bits per heavy atom. The van der Waals surface area contributed by atoms with Crippen molar-refractivity contribution in [3.05, 3.63) is 29.3 Å². The lowest BCUT2D eigenvalue weighted by atomic mass is 10.1. The van der Waals surface area contributed by atoms with E-state index in [1.165, 1.54) is 0 Å². The molecule has 1 aromatic carbocycles. The number of nitrogens with zero attached hydrogens (tertiary/aromatic N) is 1. The molecule has 1 N–H and O–H groups in total. The molecule has 1 heterocycles. The summed E-state index contributed by atoms with van der Waals surface area (Å²) >= 11 is 11.6. The van der Waals surface area contributed by atoms with Gasteiger partial charge in [-0.3, -0.25) is 4.79 Å². The molecule has 3 nitrogen and oxygen atoms in total. The van der Waals surface area contributed by atoms with Gasteiger partial charge >= 0.3 is 0 Å². The van der Waals surface area contributed by atoms with Crippen molar-refractivity contribution < 1.29 is 4.79 Å². The second kappa shape index (κ2) is 5.71. The molecule has 1 aliphatic heterocycles. The summed E-state index contributed by atoms with van der Waals surface area (Å²) in [6.45, 7) is 0.717. The summed E-state index contributed by atoms with van der Waals surface area (Å²) in [6, 6.07) is 7.03. The summed E-state index contributed by atoms with van der Waals surface area (Å²) in [5.41, 5.74) is 0.835. The minimum absolute atomic E-state index is 0.0137. The van der Waals surface area contributed by atoms with E-state index >= 15 is 0 Å². The van der Waals surface area contributed by atoms with Crippen LogP contribution in [0.25, 0.3) is 0 Å². The van der Waals surface area contributed by atoms with Crippen LogP contribution in [0.1, 0.15) is 19.3 Å². The number of carbonyl (C=O) groups excluding carboxylic acids is 1. The molecular formula is C12H14Cl2N2O. The second-order valence-electron chi connectivity index (χ2n) is 4.13. The maximum absolute atomic E-state index is 12.2. The van der Waals surface area contributed by atoms with E-state index in [4.69, 9.17) is 23.4 Å². The van der Waals surface area contributed by atoms with Gasteiger partial charge in [0.1, 0.15) is 6.04 Å². The Balaban J connectivity index is 2.26. The minimum Gasteiger partial charge on any atom is -0.311 e. The summed E-state index contributed by atoms with van der Waals surface area (Å²) in [6.07, 6.45) is 2.75. The van der Waals surface area contributed by atoms with Crippen LogP contribution in [-0.2, 0) is 4.79 Å². The Hall–Kier alpha value is -0.770. The highest BCUT2D eigenvalue weighted by atomic mass is 35.5. The van der Waals surface area contributed by atoms with Crippen LogP contribution in [-0.4, -0.2) is 18.5 Å². The number of carbonyl (C=O) groups is 1. The van der Waals surface area contributed by atoms with E-state index in [1.54, 1.807) is 17.0 Å². The highest BCUT2D eigenvalue weighted by Crippen LogP contribution is 2.23. The third-order valence-electron chi connectivity index (χ3n) is 2.94. The predicted molar refractivity (Wildman–Crippen MR) is 70.4 cm³/mol. The van der Waals surface area contributed by atoms with Crippen molar-refractivity contribution in [3.63, 3.8) is 0 Å². The summed E-state index contributed by atoms with van der Waals surface area (Å²) in [4.78, 5) is 16.5. The molecule has 0 unspecified atom stereocenters. The van der Waals surface area contributed by atoms with Gasteiger partial charge in [0.15, 0.2) is 0 Å². The Morgan fingerprint density at radius 3 is 2.88 bits per heavy atom. The zero-order valence-electron chi connectivity index (χ0n) is 9.33. The van der Waals surface area contributed by atoms with E-state index in [2.05, 4.69) is 4.84 Å². The van der Waals surface area contributed by atoms with Crippen LogP contribution in [0.2, 0.25) is 5.02 Å². The summed E-state index contributed by atoms with van der Waals surface area (Å²) in [5.74, 6) is 0.0137. The largest absolute Gasteiger partial charge is 0.311 e. The lowest BCUT2D eigenvalue weighted by Gasteiger charge is -2.23. The van der Waals surface area contributed by atoms with Crippen molar-refractivity contribution >= 4 is 35.0 Å². The molecule has 1 aromatic rings. The minimum atomic E-state index is -0.307. The highest BCUT2D eigenvalue weighted by molar-refractivity contribution is 6.31. The standard InChI is InChI=1S/C12H14Cl2N2O/c13-9-4-3-5-10(8-9)16-7-2-1-6-11(15-14)12(16)17/h3-5,8,11,15H,1-2,6-7H2/t11-/m0/s1. The number of hydrogen-bond donors (Lipinski definition) is 1. The fourth-order valence-corrected chi connectivity index (χ4v) is 2.43. The zero-order chi connectivity index (χ0) is 12.3. The van der Waals surface area contributed by atoms with E-state index in [-0.39, 0.29) is 11.9 Å². The van der Waals surface area contributed by atoms with Crippen LogP contribution in [0.5, 0.6) is 0 Å². The molecule has 1 fully saturated rings. The van der Waals surface area contributed by atoms with E-state index in [9.17, 15) is 4.79 Å². The molecule has 1 atom stereocenters. The average molecular weight is 273 g/mol. The van der Waals surface area contributed by atoms with Gasteiger partial charge in [0, 0.05) is 17.3 Å². The van der Waals surface area contributed by atoms with Crippen molar-refractivity contribution in [3.8, 4) is 0 Å². The summed E-state index contributed by atoms with van der Waals surface area (Å²) < 4.78 is 0. The predicted octanol–water partition coefficient (Wildman–Crippen LogP) is 2.97. The maximum Gasteiger partial charge on any atom is 0.245 e. The van der Waals surface area contributed by atoms with E-state index in [0.717, 1.165) is 24.9 Å². The summed E-state index contributed by atoms with van der Waals surface area (Å²) in [5, 5.41) is 0.634. The molecule has 5 heteroatoms. The SMILES string of the molecule is O=C1[C@@H](NCl)CCCCN1c1cccc(Cl)c1. The van der Waals surface area contributed by atoms with Gasteiger partial charge in [-0.2, -0.15) is 0 Å². The van der Waals surface area contributed by atoms with Crippen molar-refractivity contribution in [2.24, 2.45) is 0 Å². The number of anilines is 1. The number of nitrogens with one attached hydrogen (secondary N) is 1. The van der Waals surface area contributed by atoms with E-state index in [0.29, 0.717) is 11.6 Å². The van der Waals surface area contributed by atoms with Gasteiger partial charge in [0.25, 0.3) is 0 Å². The maximum atomic E-state index is 12.2. The van der Waals surface area contributed by atoms with Gasteiger partial charge in [-0.05, 0) is 49.2 Å². The lowest BCUT2D eigenvalue weighted by molar-refractivity contribution is -0.120. The normalized spacial score (nSPS) is 21.4. The molecule has 2 rings (SSSR count). The molecule has 0 radical (unpaired) electrons. The lowest BCUT2D eigenvalue weighted by Crippen LogP contribution is -2.42. The third kappa shape index (κ3) is 2.92. The van der Waals surface area contributed by atoms with Crippen LogP contribution in [0.3, 0.4) is 0 Å². The first-order valence-electron chi connectivity index (χ1n) is 5.65. The van der Waals surface area contributed by atoms with Gasteiger partial charge in [0.2, 0.25) is 5.91 Å². The Bertz CT molecular complexity index is 411. The van der Waals surface area contributed by atoms with Gasteiger partial charge in [-0.15, -0.1) is 0 Å². The third-order valence-corrected chi connectivity index (χ3v) is 3.44. The Labute approximate surface area is 111 Å². The monoisotopic (exact) mass is 272 g/mol. The zero-order valence-corrected chi connectivity index (χ0v) is 10.8. The van der Waals surface area contributed by atoms with Crippen LogP contribution < -0.4 is 9.74 Å². The molecule has 0 aromatic heterocycles. The average Bonchev–Trinajstić information content (AvgIpc) is 2.51. The second-order valence-corrected chi connectivity index (χ2v) is 4.78. The fourth-order valence-electron chi connectivity index (χ4n) is 2.04. The van der Waals surface area contributed by atoms with Gasteiger partial charge in [0.05, 0.1) is 0 Å². The molecule has 0 saturated carbocycles. The first-order chi connectivity index (χ1) is 8.22. The Kier molecular flexibility index (Phi) is 4.26. The highest BCUT2D eigenvalue weighted by Gasteiger charge is 2.27. The molecule has 0 bridgehead atoms. The van der Waals surface area contributed by atoms with Gasteiger partial charge in [-0.25, -0.2) is 4.84 Å². The van der Waals surface area contributed by atoms with Crippen molar-refractivity contribution in [2.75, 3.05) is 11.4 Å². The van der Waals surface area contributed by atoms with Crippen LogP contribution in [0.4, 0.5) is 5.69 Å². The van der Waals surface area contributed by atoms with Crippen LogP contribution in [0, 0.1) is 0 Å². The number of rotatable bonds is 2. The first-order valence-corrected chi connectivity index (χ1v) is 6.41. The van der Waals surface area contributed by atoms with Gasteiger partial charge < -0.3 is 4.90 Å². The van der Waals surface area contributed by atoms with Crippen LogP contribution in [0.15, 0.2) is 24.3 Å². The topological polar surface area (TPSA) is 32.3 Å². The Morgan fingerprint density at radius 2 is 2.18 bits per heavy atom. The fraction of sp³-hybridized carbons (Fsp3) is 0.417. The van der Waals surface area contributed by atoms with Crippen molar-refractivity contribution in [2.45, 2.75) is 25.3 Å². The molecule has 1 saturated heterocycles. The molecule has 1 amide bonds. The van der Waals surface area contributed by atoms with Gasteiger partial charge in [-0.1, -0.05) is 17.7 Å². The smallest absolute Gasteiger partial charge is 0.245 e. The van der Waals surface area contributed by atoms with Crippen molar-refractivity contribution in [1.82, 2.24) is 4.84 Å².